The number of aromatic nitrogens is 2. The van der Waals surface area contributed by atoms with E-state index in [4.69, 9.17) is 0 Å². The molecule has 156 valence electrons. The fourth-order valence-electron chi connectivity index (χ4n) is 3.33. The molecule has 2 aliphatic heterocycles. The molecule has 4 rings (SSSR count). The lowest BCUT2D eigenvalue weighted by Gasteiger charge is -2.49. The molecule has 1 saturated heterocycles. The predicted octanol–water partition coefficient (Wildman–Crippen LogP) is 2.30. The number of carboxylic acid groups (broad SMARTS) is 1. The molecule has 0 aliphatic carbocycles. The number of hydrogen-bond donors (Lipinski definition) is 2. The Morgan fingerprint density at radius 1 is 1.30 bits per heavy atom. The number of carbonyl (C=O) groups excluding carboxylic acids is 2. The lowest BCUT2D eigenvalue weighted by molar-refractivity contribution is -0.148. The zero-order valence-corrected chi connectivity index (χ0v) is 18.6. The maximum absolute atomic E-state index is 12.8. The van der Waals surface area contributed by atoms with Gasteiger partial charge in [0.2, 0.25) is 0 Å². The van der Waals surface area contributed by atoms with Gasteiger partial charge in [-0.25, -0.2) is 4.79 Å². The number of nitrogens with one attached hydrogen (secondary N) is 1. The molecule has 2 amide bonds. The van der Waals surface area contributed by atoms with Crippen molar-refractivity contribution in [2.24, 2.45) is 0 Å². The zero-order valence-electron chi connectivity index (χ0n) is 16.1. The number of benzene rings is 1. The molecule has 0 saturated carbocycles. The quantitative estimate of drug-likeness (QED) is 0.497. The summed E-state index contributed by atoms with van der Waals surface area (Å²) in [6, 6.07) is 6.39. The predicted molar refractivity (Wildman–Crippen MR) is 116 cm³/mol. The molecule has 2 aromatic rings. The fraction of sp³-hybridized carbons (Fsp3) is 0.316. The van der Waals surface area contributed by atoms with Crippen LogP contribution in [0.15, 0.2) is 39.9 Å². The van der Waals surface area contributed by atoms with Crippen LogP contribution in [0, 0.1) is 13.8 Å². The van der Waals surface area contributed by atoms with E-state index in [1.54, 1.807) is 12.1 Å². The van der Waals surface area contributed by atoms with Crippen molar-refractivity contribution in [2.75, 3.05) is 11.5 Å². The SMILES string of the molecule is Cc1nnc(SCC2=C(C(=O)O)N3C(=O)[C@@H](NC(=O)c4ccccc4C)[C@H]3SC2)s1. The van der Waals surface area contributed by atoms with Crippen LogP contribution < -0.4 is 5.32 Å². The molecule has 11 heteroatoms. The molecule has 2 aliphatic rings. The highest BCUT2D eigenvalue weighted by atomic mass is 32.2. The van der Waals surface area contributed by atoms with Crippen LogP contribution in [0.3, 0.4) is 0 Å². The summed E-state index contributed by atoms with van der Waals surface area (Å²) in [5.41, 5.74) is 1.99. The van der Waals surface area contributed by atoms with Crippen molar-refractivity contribution in [1.29, 1.82) is 0 Å². The number of β-lactam (4-membered cyclic amide) rings is 1. The number of carboxylic acids is 1. The van der Waals surface area contributed by atoms with Gasteiger partial charge in [0.05, 0.1) is 0 Å². The third-order valence-corrected chi connectivity index (χ3v) is 8.20. The number of aliphatic carboxylic acids is 1. The summed E-state index contributed by atoms with van der Waals surface area (Å²) in [6.07, 6.45) is 0. The van der Waals surface area contributed by atoms with Crippen molar-refractivity contribution >= 4 is 52.6 Å². The molecule has 1 aromatic heterocycles. The number of rotatable bonds is 6. The third kappa shape index (κ3) is 3.84. The van der Waals surface area contributed by atoms with Crippen LogP contribution >= 0.6 is 34.9 Å². The van der Waals surface area contributed by atoms with E-state index < -0.39 is 23.3 Å². The molecule has 0 spiro atoms. The number of fused-ring (bicyclic) bond motifs is 1. The van der Waals surface area contributed by atoms with Gasteiger partial charge >= 0.3 is 5.97 Å². The van der Waals surface area contributed by atoms with E-state index in [1.165, 1.54) is 39.8 Å². The number of aryl methyl sites for hydroxylation is 2. The maximum atomic E-state index is 12.8. The van der Waals surface area contributed by atoms with E-state index in [2.05, 4.69) is 15.5 Å². The molecule has 1 aromatic carbocycles. The highest BCUT2D eigenvalue weighted by molar-refractivity contribution is 8.01. The Morgan fingerprint density at radius 3 is 2.73 bits per heavy atom. The van der Waals surface area contributed by atoms with Gasteiger partial charge in [0, 0.05) is 17.1 Å². The van der Waals surface area contributed by atoms with Crippen molar-refractivity contribution in [1.82, 2.24) is 20.4 Å². The van der Waals surface area contributed by atoms with Crippen molar-refractivity contribution in [3.63, 3.8) is 0 Å². The molecular formula is C19H18N4O4S3. The summed E-state index contributed by atoms with van der Waals surface area (Å²) in [4.78, 5) is 38.6. The van der Waals surface area contributed by atoms with Gasteiger partial charge in [-0.15, -0.1) is 22.0 Å². The van der Waals surface area contributed by atoms with Gasteiger partial charge in [-0.3, -0.25) is 14.5 Å². The van der Waals surface area contributed by atoms with Crippen LogP contribution in [-0.2, 0) is 9.59 Å². The van der Waals surface area contributed by atoms with Gasteiger partial charge in [0.15, 0.2) is 4.34 Å². The first kappa shape index (κ1) is 20.9. The molecule has 0 unspecified atom stereocenters. The molecule has 1 fully saturated rings. The van der Waals surface area contributed by atoms with E-state index in [9.17, 15) is 19.5 Å². The van der Waals surface area contributed by atoms with Crippen LogP contribution in [0.25, 0.3) is 0 Å². The van der Waals surface area contributed by atoms with Crippen LogP contribution in [0.5, 0.6) is 0 Å². The Labute approximate surface area is 185 Å². The van der Waals surface area contributed by atoms with Gasteiger partial charge in [0.25, 0.3) is 11.8 Å². The molecule has 2 N–H and O–H groups in total. The summed E-state index contributed by atoms with van der Waals surface area (Å²) in [5, 5.41) is 20.9. The Balaban J connectivity index is 1.49. The minimum atomic E-state index is -1.14. The Bertz CT molecular complexity index is 1070. The summed E-state index contributed by atoms with van der Waals surface area (Å²) < 4.78 is 0.759. The highest BCUT2D eigenvalue weighted by Crippen LogP contribution is 2.41. The third-order valence-electron chi connectivity index (χ3n) is 4.80. The molecule has 0 radical (unpaired) electrons. The van der Waals surface area contributed by atoms with Crippen LogP contribution in [0.4, 0.5) is 0 Å². The van der Waals surface area contributed by atoms with E-state index in [-0.39, 0.29) is 11.6 Å². The van der Waals surface area contributed by atoms with Crippen molar-refractivity contribution in [3.8, 4) is 0 Å². The second-order valence-corrected chi connectivity index (χ2v) is 10.3. The molecule has 8 nitrogen and oxygen atoms in total. The number of nitrogens with zero attached hydrogens (tertiary/aromatic N) is 3. The first-order valence-electron chi connectivity index (χ1n) is 9.06. The standard InChI is InChI=1S/C19H18N4O4S3/c1-9-5-3-4-6-12(9)15(24)20-13-16(25)23-14(18(26)27)11(7-28-17(13)23)8-29-19-22-21-10(2)30-19/h3-6,13,17H,7-8H2,1-2H3,(H,20,24)(H,26,27)/t13-,17-/m1/s1. The van der Waals surface area contributed by atoms with Gasteiger partial charge < -0.3 is 10.4 Å². The Hall–Kier alpha value is -2.37. The minimum absolute atomic E-state index is 0.0128. The number of thioether (sulfide) groups is 2. The molecular weight excluding hydrogens is 444 g/mol. The van der Waals surface area contributed by atoms with Gasteiger partial charge in [-0.05, 0) is 31.1 Å². The van der Waals surface area contributed by atoms with Crippen LogP contribution in [-0.4, -0.2) is 60.9 Å². The summed E-state index contributed by atoms with van der Waals surface area (Å²) in [7, 11) is 0. The second-order valence-electron chi connectivity index (χ2n) is 6.81. The Kier molecular flexibility index (Phi) is 5.85. The first-order chi connectivity index (χ1) is 14.4. The second kappa shape index (κ2) is 8.40. The zero-order chi connectivity index (χ0) is 21.4. The van der Waals surface area contributed by atoms with Crippen molar-refractivity contribution in [3.05, 3.63) is 51.7 Å². The number of hydrogen-bond acceptors (Lipinski definition) is 8. The summed E-state index contributed by atoms with van der Waals surface area (Å²) in [6.45, 7) is 3.68. The summed E-state index contributed by atoms with van der Waals surface area (Å²) >= 11 is 4.31. The average molecular weight is 463 g/mol. The van der Waals surface area contributed by atoms with E-state index >= 15 is 0 Å². The van der Waals surface area contributed by atoms with Crippen molar-refractivity contribution in [2.45, 2.75) is 29.6 Å². The van der Waals surface area contributed by atoms with Crippen LogP contribution in [0.1, 0.15) is 20.9 Å². The average Bonchev–Trinajstić information content (AvgIpc) is 3.14. The molecule has 30 heavy (non-hydrogen) atoms. The summed E-state index contributed by atoms with van der Waals surface area (Å²) in [5.74, 6) is -0.986. The number of carbonyl (C=O) groups is 3. The van der Waals surface area contributed by atoms with E-state index in [0.717, 1.165) is 14.9 Å². The molecule has 0 bridgehead atoms. The lowest BCUT2D eigenvalue weighted by atomic mass is 10.0. The molecule has 2 atom stereocenters. The van der Waals surface area contributed by atoms with E-state index in [1.807, 2.05) is 26.0 Å². The maximum Gasteiger partial charge on any atom is 0.352 e. The monoisotopic (exact) mass is 462 g/mol. The smallest absolute Gasteiger partial charge is 0.352 e. The lowest BCUT2D eigenvalue weighted by Crippen LogP contribution is -2.70. The van der Waals surface area contributed by atoms with Gasteiger partial charge in [-0.1, -0.05) is 41.3 Å². The Morgan fingerprint density at radius 2 is 2.07 bits per heavy atom. The first-order valence-corrected chi connectivity index (χ1v) is 11.9. The van der Waals surface area contributed by atoms with Crippen molar-refractivity contribution < 1.29 is 19.5 Å². The molecule has 3 heterocycles. The van der Waals surface area contributed by atoms with Gasteiger partial charge in [-0.2, -0.15) is 0 Å². The normalized spacial score (nSPS) is 20.6. The number of amides is 2. The highest BCUT2D eigenvalue weighted by Gasteiger charge is 2.54. The fourth-order valence-corrected chi connectivity index (χ4v) is 6.63. The topological polar surface area (TPSA) is 112 Å². The van der Waals surface area contributed by atoms with E-state index in [0.29, 0.717) is 22.6 Å². The largest absolute Gasteiger partial charge is 0.477 e. The minimum Gasteiger partial charge on any atom is -0.477 e. The van der Waals surface area contributed by atoms with Gasteiger partial charge in [0.1, 0.15) is 22.1 Å². The van der Waals surface area contributed by atoms with Crippen LogP contribution in [0.2, 0.25) is 0 Å².